The Bertz CT molecular complexity index is 1910. The van der Waals surface area contributed by atoms with E-state index in [2.05, 4.69) is 20.9 Å². The van der Waals surface area contributed by atoms with Crippen molar-refractivity contribution in [2.75, 3.05) is 32.1 Å². The first-order chi connectivity index (χ1) is 25.4. The van der Waals surface area contributed by atoms with E-state index in [4.69, 9.17) is 9.47 Å². The zero-order chi connectivity index (χ0) is 36.3. The molecule has 1 aromatic heterocycles. The minimum absolute atomic E-state index is 0.0831. The number of ether oxygens (including phenoxy) is 2. The zero-order valence-corrected chi connectivity index (χ0v) is 29.0. The van der Waals surface area contributed by atoms with Crippen LogP contribution in [-0.2, 0) is 27.2 Å². The van der Waals surface area contributed by atoms with Crippen molar-refractivity contribution in [3.05, 3.63) is 144 Å². The lowest BCUT2D eigenvalue weighted by Gasteiger charge is -2.33. The average molecular weight is 702 g/mol. The van der Waals surface area contributed by atoms with Crippen LogP contribution in [0.3, 0.4) is 0 Å². The third kappa shape index (κ3) is 9.11. The minimum Gasteiger partial charge on any atom is -0.465 e. The SMILES string of the molecule is CN(C(=O)O)[C@H](C(=O)Nc1ccccc1CC[C@@H]1CN[C@H](COC(=O)NCc2cccc3ccncc23)CO1)C(c1ccccc1)c1ccccc1. The van der Waals surface area contributed by atoms with E-state index in [1.165, 1.54) is 7.05 Å². The highest BCUT2D eigenvalue weighted by molar-refractivity contribution is 5.98. The van der Waals surface area contributed by atoms with Crippen molar-refractivity contribution in [3.8, 4) is 0 Å². The number of aryl methyl sites for hydroxylation is 1. The van der Waals surface area contributed by atoms with E-state index in [0.29, 0.717) is 38.2 Å². The van der Waals surface area contributed by atoms with Crippen LogP contribution in [-0.4, -0.2) is 78.1 Å². The Balaban J connectivity index is 1.02. The van der Waals surface area contributed by atoms with Gasteiger partial charge in [0.05, 0.1) is 18.8 Å². The van der Waals surface area contributed by atoms with Crippen LogP contribution in [0.5, 0.6) is 0 Å². The Hall–Kier alpha value is -5.78. The predicted molar refractivity (Wildman–Crippen MR) is 199 cm³/mol. The first-order valence-corrected chi connectivity index (χ1v) is 17.4. The number of alkyl carbamates (subject to hydrolysis) is 1. The van der Waals surface area contributed by atoms with Gasteiger partial charge in [-0.25, -0.2) is 9.59 Å². The fourth-order valence-electron chi connectivity index (χ4n) is 6.62. The number of pyridine rings is 1. The predicted octanol–water partition coefficient (Wildman–Crippen LogP) is 6.20. The number of benzene rings is 4. The topological polar surface area (TPSA) is 142 Å². The molecule has 3 atom stereocenters. The normalized spacial score (nSPS) is 16.2. The zero-order valence-electron chi connectivity index (χ0n) is 29.0. The number of rotatable bonds is 13. The summed E-state index contributed by atoms with van der Waals surface area (Å²) < 4.78 is 11.6. The lowest BCUT2D eigenvalue weighted by atomic mass is 9.84. The van der Waals surface area contributed by atoms with Crippen LogP contribution >= 0.6 is 0 Å². The number of nitrogens with one attached hydrogen (secondary N) is 3. The largest absolute Gasteiger partial charge is 0.465 e. The summed E-state index contributed by atoms with van der Waals surface area (Å²) >= 11 is 0. The van der Waals surface area contributed by atoms with Gasteiger partial charge in [-0.05, 0) is 52.6 Å². The van der Waals surface area contributed by atoms with E-state index >= 15 is 0 Å². The van der Waals surface area contributed by atoms with Crippen LogP contribution < -0.4 is 16.0 Å². The summed E-state index contributed by atoms with van der Waals surface area (Å²) in [4.78, 5) is 44.2. The molecule has 3 amide bonds. The van der Waals surface area contributed by atoms with Crippen LogP contribution in [0.1, 0.15) is 34.6 Å². The molecule has 4 aromatic carbocycles. The Morgan fingerprint density at radius 3 is 2.31 bits per heavy atom. The number of aromatic nitrogens is 1. The quantitative estimate of drug-likeness (QED) is 0.114. The number of fused-ring (bicyclic) bond motifs is 1. The van der Waals surface area contributed by atoms with E-state index in [-0.39, 0.29) is 18.8 Å². The second-order valence-corrected chi connectivity index (χ2v) is 12.8. The molecule has 1 fully saturated rings. The number of nitrogens with zero attached hydrogens (tertiary/aromatic N) is 2. The molecule has 11 nitrogen and oxygen atoms in total. The van der Waals surface area contributed by atoms with Gasteiger partial charge in [0.15, 0.2) is 0 Å². The van der Waals surface area contributed by atoms with Gasteiger partial charge in [0.25, 0.3) is 0 Å². The van der Waals surface area contributed by atoms with E-state index < -0.39 is 30.1 Å². The highest BCUT2D eigenvalue weighted by Gasteiger charge is 2.37. The van der Waals surface area contributed by atoms with Gasteiger partial charge in [0.2, 0.25) is 5.91 Å². The van der Waals surface area contributed by atoms with Crippen molar-refractivity contribution in [1.29, 1.82) is 0 Å². The molecule has 4 N–H and O–H groups in total. The molecule has 0 unspecified atom stereocenters. The van der Waals surface area contributed by atoms with Crippen LogP contribution in [0.4, 0.5) is 15.3 Å². The van der Waals surface area contributed by atoms with Crippen molar-refractivity contribution in [2.24, 2.45) is 0 Å². The Labute approximate surface area is 303 Å². The molecule has 0 bridgehead atoms. The van der Waals surface area contributed by atoms with Crippen LogP contribution in [0.25, 0.3) is 10.8 Å². The second-order valence-electron chi connectivity index (χ2n) is 12.8. The van der Waals surface area contributed by atoms with Gasteiger partial charge < -0.3 is 30.5 Å². The number of anilines is 1. The molecule has 5 aromatic rings. The summed E-state index contributed by atoms with van der Waals surface area (Å²) in [5, 5.41) is 21.4. The summed E-state index contributed by atoms with van der Waals surface area (Å²) in [7, 11) is 1.43. The molecule has 0 saturated carbocycles. The molecular weight excluding hydrogens is 658 g/mol. The molecule has 0 spiro atoms. The molecule has 268 valence electrons. The van der Waals surface area contributed by atoms with Gasteiger partial charge in [0, 0.05) is 49.5 Å². The Kier molecular flexibility index (Phi) is 12.1. The minimum atomic E-state index is -1.20. The smallest absolute Gasteiger partial charge is 0.407 e. The number of morpholine rings is 1. The number of hydrogen-bond acceptors (Lipinski definition) is 7. The molecule has 1 aliphatic heterocycles. The molecule has 1 aliphatic rings. The fourth-order valence-corrected chi connectivity index (χ4v) is 6.62. The molecule has 1 saturated heterocycles. The molecule has 0 radical (unpaired) electrons. The lowest BCUT2D eigenvalue weighted by molar-refractivity contribution is -0.120. The summed E-state index contributed by atoms with van der Waals surface area (Å²) in [5.41, 5.74) is 4.16. The number of carboxylic acid groups (broad SMARTS) is 1. The van der Waals surface area contributed by atoms with Crippen molar-refractivity contribution in [2.45, 2.75) is 43.5 Å². The van der Waals surface area contributed by atoms with Crippen molar-refractivity contribution in [3.63, 3.8) is 0 Å². The highest BCUT2D eigenvalue weighted by atomic mass is 16.6. The number of carbonyl (C=O) groups excluding carboxylic acids is 2. The fraction of sp³-hybridized carbons (Fsp3) is 0.268. The first kappa shape index (κ1) is 36.0. The molecule has 52 heavy (non-hydrogen) atoms. The maximum Gasteiger partial charge on any atom is 0.407 e. The molecule has 11 heteroatoms. The van der Waals surface area contributed by atoms with E-state index in [1.807, 2.05) is 109 Å². The monoisotopic (exact) mass is 701 g/mol. The Morgan fingerprint density at radius 1 is 0.923 bits per heavy atom. The van der Waals surface area contributed by atoms with E-state index in [9.17, 15) is 19.5 Å². The highest BCUT2D eigenvalue weighted by Crippen LogP contribution is 2.32. The number of likely N-dealkylation sites (N-methyl/N-ethyl adjacent to an activating group) is 1. The molecular formula is C41H43N5O6. The van der Waals surface area contributed by atoms with Crippen molar-refractivity contribution >= 4 is 34.6 Å². The molecule has 2 heterocycles. The van der Waals surface area contributed by atoms with Gasteiger partial charge >= 0.3 is 12.2 Å². The van der Waals surface area contributed by atoms with Gasteiger partial charge in [-0.2, -0.15) is 0 Å². The third-order valence-corrected chi connectivity index (χ3v) is 9.41. The van der Waals surface area contributed by atoms with Crippen LogP contribution in [0, 0.1) is 0 Å². The summed E-state index contributed by atoms with van der Waals surface area (Å²) in [6.07, 6.45) is 3.05. The second kappa shape index (κ2) is 17.4. The van der Waals surface area contributed by atoms with Crippen molar-refractivity contribution < 1.29 is 29.0 Å². The van der Waals surface area contributed by atoms with Crippen LogP contribution in [0.15, 0.2) is 122 Å². The summed E-state index contributed by atoms with van der Waals surface area (Å²) in [6.45, 7) is 1.46. The third-order valence-electron chi connectivity index (χ3n) is 9.41. The number of para-hydroxylation sites is 1. The first-order valence-electron chi connectivity index (χ1n) is 17.4. The van der Waals surface area contributed by atoms with Gasteiger partial charge in [0.1, 0.15) is 12.6 Å². The number of amides is 3. The van der Waals surface area contributed by atoms with Gasteiger partial charge in [-0.1, -0.05) is 97.1 Å². The number of hydrogen-bond donors (Lipinski definition) is 4. The average Bonchev–Trinajstić information content (AvgIpc) is 3.18. The lowest BCUT2D eigenvalue weighted by Crippen LogP contribution is -2.49. The number of carbonyl (C=O) groups is 3. The standard InChI is InChI=1S/C41H43N5O6/c1-46(41(49)50)38(37(30-12-4-2-5-13-30)31-14-6-3-7-15-31)39(47)45-36-18-9-8-11-29(36)19-20-34-24-43-33(26-51-34)27-52-40(48)44-23-32-17-10-16-28-21-22-42-25-35(28)32/h2-18,21-22,25,33-34,37-38,43H,19-20,23-24,26-27H2,1H3,(H,44,48)(H,45,47)(H,49,50)/t33-,34+,38-/m0/s1. The summed E-state index contributed by atoms with van der Waals surface area (Å²) in [6, 6.07) is 33.2. The maximum absolute atomic E-state index is 14.1. The molecule has 6 rings (SSSR count). The van der Waals surface area contributed by atoms with E-state index in [0.717, 1.165) is 37.9 Å². The van der Waals surface area contributed by atoms with Gasteiger partial charge in [-0.15, -0.1) is 0 Å². The maximum atomic E-state index is 14.1. The van der Waals surface area contributed by atoms with Gasteiger partial charge in [-0.3, -0.25) is 14.7 Å². The van der Waals surface area contributed by atoms with Crippen LogP contribution in [0.2, 0.25) is 0 Å². The summed E-state index contributed by atoms with van der Waals surface area (Å²) in [5.74, 6) is -0.964. The Morgan fingerprint density at radius 2 is 1.62 bits per heavy atom. The van der Waals surface area contributed by atoms with E-state index in [1.54, 1.807) is 12.4 Å². The molecule has 0 aliphatic carbocycles. The van der Waals surface area contributed by atoms with Crippen molar-refractivity contribution in [1.82, 2.24) is 20.5 Å².